The van der Waals surface area contributed by atoms with Crippen LogP contribution < -0.4 is 0 Å². The third-order valence-corrected chi connectivity index (χ3v) is 2.41. The first-order valence-electron chi connectivity index (χ1n) is 5.07. The van der Waals surface area contributed by atoms with Crippen LogP contribution in [-0.4, -0.2) is 43.5 Å². The van der Waals surface area contributed by atoms with Gasteiger partial charge < -0.3 is 9.64 Å². The smallest absolute Gasteiger partial charge is 0.162 e. The Morgan fingerprint density at radius 3 is 3.00 bits per heavy atom. The molecule has 1 saturated heterocycles. The first kappa shape index (κ1) is 10.7. The van der Waals surface area contributed by atoms with E-state index in [1.165, 1.54) is 0 Å². The Morgan fingerprint density at radius 1 is 1.62 bits per heavy atom. The highest BCUT2D eigenvalue weighted by Crippen LogP contribution is 2.08. The molecule has 0 saturated carbocycles. The number of likely N-dealkylation sites (N-methyl/N-ethyl adjacent to an activating group) is 1. The number of ether oxygens (including phenoxy) is 1. The molecule has 1 fully saturated rings. The van der Waals surface area contributed by atoms with Gasteiger partial charge in [0.15, 0.2) is 5.78 Å². The van der Waals surface area contributed by atoms with Gasteiger partial charge in [0.25, 0.3) is 0 Å². The largest absolute Gasteiger partial charge is 0.368 e. The van der Waals surface area contributed by atoms with E-state index in [1.807, 2.05) is 7.05 Å². The Hall–Kier alpha value is -0.410. The summed E-state index contributed by atoms with van der Waals surface area (Å²) in [5.41, 5.74) is 0. The molecular formula is C10H19NO2. The van der Waals surface area contributed by atoms with E-state index in [2.05, 4.69) is 11.8 Å². The molecule has 13 heavy (non-hydrogen) atoms. The van der Waals surface area contributed by atoms with Crippen LogP contribution >= 0.6 is 0 Å². The van der Waals surface area contributed by atoms with Gasteiger partial charge in [-0.1, -0.05) is 13.3 Å². The molecule has 3 heteroatoms. The second kappa shape index (κ2) is 5.35. The fourth-order valence-electron chi connectivity index (χ4n) is 1.48. The highest BCUT2D eigenvalue weighted by atomic mass is 16.5. The highest BCUT2D eigenvalue weighted by Gasteiger charge is 2.23. The maximum atomic E-state index is 11.6. The van der Waals surface area contributed by atoms with Crippen molar-refractivity contribution in [2.45, 2.75) is 32.3 Å². The standard InChI is InChI=1S/C10H19NO2/c1-3-4-5-9(12)10-8-11(2)6-7-13-10/h10H,3-8H2,1-2H3. The van der Waals surface area contributed by atoms with E-state index in [-0.39, 0.29) is 11.9 Å². The summed E-state index contributed by atoms with van der Waals surface area (Å²) >= 11 is 0. The quantitative estimate of drug-likeness (QED) is 0.656. The van der Waals surface area contributed by atoms with Crippen LogP contribution in [0.3, 0.4) is 0 Å². The number of hydrogen-bond acceptors (Lipinski definition) is 3. The zero-order valence-electron chi connectivity index (χ0n) is 8.58. The highest BCUT2D eigenvalue weighted by molar-refractivity contribution is 5.83. The molecule has 0 aromatic rings. The summed E-state index contributed by atoms with van der Waals surface area (Å²) in [5, 5.41) is 0. The predicted molar refractivity (Wildman–Crippen MR) is 51.8 cm³/mol. The van der Waals surface area contributed by atoms with Crippen molar-refractivity contribution in [2.75, 3.05) is 26.7 Å². The minimum absolute atomic E-state index is 0.162. The normalized spacial score (nSPS) is 24.6. The molecule has 1 rings (SSSR count). The van der Waals surface area contributed by atoms with E-state index in [9.17, 15) is 4.79 Å². The molecule has 1 unspecified atom stereocenters. The maximum Gasteiger partial charge on any atom is 0.162 e. The lowest BCUT2D eigenvalue weighted by molar-refractivity contribution is -0.135. The summed E-state index contributed by atoms with van der Waals surface area (Å²) in [6, 6.07) is 0. The third-order valence-electron chi connectivity index (χ3n) is 2.41. The lowest BCUT2D eigenvalue weighted by Crippen LogP contribution is -2.44. The molecule has 1 aliphatic heterocycles. The van der Waals surface area contributed by atoms with Crippen LogP contribution in [0.4, 0.5) is 0 Å². The summed E-state index contributed by atoms with van der Waals surface area (Å²) in [4.78, 5) is 13.7. The van der Waals surface area contributed by atoms with E-state index in [0.29, 0.717) is 13.0 Å². The monoisotopic (exact) mass is 185 g/mol. The Morgan fingerprint density at radius 2 is 2.38 bits per heavy atom. The van der Waals surface area contributed by atoms with Crippen molar-refractivity contribution >= 4 is 5.78 Å². The van der Waals surface area contributed by atoms with Crippen molar-refractivity contribution in [1.29, 1.82) is 0 Å². The average molecular weight is 185 g/mol. The molecule has 1 atom stereocenters. The van der Waals surface area contributed by atoms with E-state index >= 15 is 0 Å². The molecule has 0 aromatic carbocycles. The van der Waals surface area contributed by atoms with E-state index < -0.39 is 0 Å². The molecule has 1 aliphatic rings. The number of rotatable bonds is 4. The Balaban J connectivity index is 2.28. The second-order valence-electron chi connectivity index (χ2n) is 3.69. The number of ketones is 1. The minimum atomic E-state index is -0.162. The molecule has 0 aliphatic carbocycles. The van der Waals surface area contributed by atoms with Gasteiger partial charge in [-0.05, 0) is 13.5 Å². The predicted octanol–water partition coefficient (Wildman–Crippen LogP) is 1.08. The Kier molecular flexibility index (Phi) is 4.39. The molecule has 3 nitrogen and oxygen atoms in total. The van der Waals surface area contributed by atoms with Crippen LogP contribution in [0.2, 0.25) is 0 Å². The molecular weight excluding hydrogens is 166 g/mol. The summed E-state index contributed by atoms with van der Waals surface area (Å²) < 4.78 is 5.42. The number of hydrogen-bond donors (Lipinski definition) is 0. The zero-order chi connectivity index (χ0) is 9.68. The van der Waals surface area contributed by atoms with Gasteiger partial charge in [-0.2, -0.15) is 0 Å². The first-order chi connectivity index (χ1) is 6.24. The topological polar surface area (TPSA) is 29.5 Å². The van der Waals surface area contributed by atoms with Gasteiger partial charge in [0.1, 0.15) is 6.10 Å². The van der Waals surface area contributed by atoms with Crippen molar-refractivity contribution in [3.63, 3.8) is 0 Å². The van der Waals surface area contributed by atoms with E-state index in [0.717, 1.165) is 25.9 Å². The molecule has 0 amide bonds. The summed E-state index contributed by atoms with van der Waals surface area (Å²) in [6.07, 6.45) is 2.58. The van der Waals surface area contributed by atoms with Crippen LogP contribution in [0.5, 0.6) is 0 Å². The third kappa shape index (κ3) is 3.44. The molecule has 0 spiro atoms. The van der Waals surface area contributed by atoms with Gasteiger partial charge in [0.05, 0.1) is 6.61 Å². The van der Waals surface area contributed by atoms with Gasteiger partial charge in [0, 0.05) is 19.5 Å². The van der Waals surface area contributed by atoms with Crippen molar-refractivity contribution in [3.05, 3.63) is 0 Å². The molecule has 0 bridgehead atoms. The molecule has 76 valence electrons. The molecule has 0 radical (unpaired) electrons. The van der Waals surface area contributed by atoms with Crippen LogP contribution in [0.15, 0.2) is 0 Å². The number of carbonyl (C=O) groups excluding carboxylic acids is 1. The van der Waals surface area contributed by atoms with Gasteiger partial charge in [-0.25, -0.2) is 0 Å². The van der Waals surface area contributed by atoms with Crippen LogP contribution in [0.25, 0.3) is 0 Å². The average Bonchev–Trinajstić information content (AvgIpc) is 2.14. The zero-order valence-corrected chi connectivity index (χ0v) is 8.58. The summed E-state index contributed by atoms with van der Waals surface area (Å²) in [6.45, 7) is 4.50. The maximum absolute atomic E-state index is 11.6. The first-order valence-corrected chi connectivity index (χ1v) is 5.07. The van der Waals surface area contributed by atoms with Crippen LogP contribution in [0, 0.1) is 0 Å². The SMILES string of the molecule is CCCCC(=O)C1CN(C)CCO1. The van der Waals surface area contributed by atoms with Gasteiger partial charge >= 0.3 is 0 Å². The lowest BCUT2D eigenvalue weighted by Gasteiger charge is -2.29. The fourth-order valence-corrected chi connectivity index (χ4v) is 1.48. The number of unbranched alkanes of at least 4 members (excludes halogenated alkanes) is 1. The van der Waals surface area contributed by atoms with Gasteiger partial charge in [-0.15, -0.1) is 0 Å². The van der Waals surface area contributed by atoms with Gasteiger partial charge in [0.2, 0.25) is 0 Å². The molecule has 0 N–H and O–H groups in total. The fraction of sp³-hybridized carbons (Fsp3) is 0.900. The number of morpholine rings is 1. The summed E-state index contributed by atoms with van der Waals surface area (Å²) in [7, 11) is 2.03. The van der Waals surface area contributed by atoms with Crippen molar-refractivity contribution in [1.82, 2.24) is 4.90 Å². The lowest BCUT2D eigenvalue weighted by atomic mass is 10.1. The Bertz CT molecular complexity index is 170. The van der Waals surface area contributed by atoms with E-state index in [1.54, 1.807) is 0 Å². The van der Waals surface area contributed by atoms with Crippen molar-refractivity contribution in [2.24, 2.45) is 0 Å². The van der Waals surface area contributed by atoms with Crippen molar-refractivity contribution < 1.29 is 9.53 Å². The number of carbonyl (C=O) groups is 1. The minimum Gasteiger partial charge on any atom is -0.368 e. The van der Waals surface area contributed by atoms with E-state index in [4.69, 9.17) is 4.74 Å². The van der Waals surface area contributed by atoms with Crippen molar-refractivity contribution in [3.8, 4) is 0 Å². The number of nitrogens with zero attached hydrogens (tertiary/aromatic N) is 1. The Labute approximate surface area is 80.1 Å². The summed E-state index contributed by atoms with van der Waals surface area (Å²) in [5.74, 6) is 0.272. The van der Waals surface area contributed by atoms with Crippen LogP contribution in [0.1, 0.15) is 26.2 Å². The number of Topliss-reactive ketones (excluding diaryl/α,β-unsaturated/α-hetero) is 1. The molecule has 0 aromatic heterocycles. The van der Waals surface area contributed by atoms with Crippen LogP contribution in [-0.2, 0) is 9.53 Å². The molecule has 1 heterocycles. The van der Waals surface area contributed by atoms with Gasteiger partial charge in [-0.3, -0.25) is 4.79 Å². The second-order valence-corrected chi connectivity index (χ2v) is 3.69.